The molecule has 0 aliphatic rings. The largest absolute Gasteiger partial charge is 0.314 e. The van der Waals surface area contributed by atoms with Gasteiger partial charge in [-0.15, -0.1) is 0 Å². The first-order chi connectivity index (χ1) is 9.78. The Morgan fingerprint density at radius 2 is 2.15 bits per heavy atom. The highest BCUT2D eigenvalue weighted by molar-refractivity contribution is 7.99. The fourth-order valence-corrected chi connectivity index (χ4v) is 3.32. The molecule has 102 valence electrons. The van der Waals surface area contributed by atoms with Gasteiger partial charge in [-0.25, -0.2) is 4.98 Å². The zero-order valence-electron chi connectivity index (χ0n) is 11.0. The fourth-order valence-electron chi connectivity index (χ4n) is 2.08. The molecule has 5 heteroatoms. The standard InChI is InChI=1S/C15H14ClN3S/c1-17-10-13-15(18-14-7-2-3-8-19(13)14)20-12-6-4-5-11(16)9-12/h2-9,17H,10H2,1H3. The van der Waals surface area contributed by atoms with Crippen LogP contribution in [0.25, 0.3) is 5.65 Å². The molecule has 0 unspecified atom stereocenters. The van der Waals surface area contributed by atoms with E-state index in [4.69, 9.17) is 16.6 Å². The van der Waals surface area contributed by atoms with Crippen molar-refractivity contribution in [3.63, 3.8) is 0 Å². The Morgan fingerprint density at radius 1 is 1.25 bits per heavy atom. The lowest BCUT2D eigenvalue weighted by atomic mass is 10.4. The van der Waals surface area contributed by atoms with Crippen molar-refractivity contribution >= 4 is 29.0 Å². The molecule has 2 aromatic heterocycles. The quantitative estimate of drug-likeness (QED) is 0.793. The molecule has 2 heterocycles. The molecule has 3 aromatic rings. The lowest BCUT2D eigenvalue weighted by Crippen LogP contribution is -2.08. The van der Waals surface area contributed by atoms with Crippen LogP contribution in [-0.2, 0) is 6.54 Å². The van der Waals surface area contributed by atoms with Gasteiger partial charge in [0, 0.05) is 22.7 Å². The van der Waals surface area contributed by atoms with Crippen LogP contribution in [0, 0.1) is 0 Å². The van der Waals surface area contributed by atoms with Crippen LogP contribution in [0.15, 0.2) is 58.6 Å². The van der Waals surface area contributed by atoms with E-state index < -0.39 is 0 Å². The molecule has 0 amide bonds. The highest BCUT2D eigenvalue weighted by atomic mass is 35.5. The minimum atomic E-state index is 0.744. The molecule has 20 heavy (non-hydrogen) atoms. The van der Waals surface area contributed by atoms with E-state index in [2.05, 4.69) is 9.72 Å². The van der Waals surface area contributed by atoms with Crippen LogP contribution >= 0.6 is 23.4 Å². The second-order valence-electron chi connectivity index (χ2n) is 4.38. The first-order valence-corrected chi connectivity index (χ1v) is 7.51. The van der Waals surface area contributed by atoms with E-state index >= 15 is 0 Å². The molecule has 1 N–H and O–H groups in total. The second kappa shape index (κ2) is 5.87. The van der Waals surface area contributed by atoms with E-state index in [0.717, 1.165) is 32.8 Å². The summed E-state index contributed by atoms with van der Waals surface area (Å²) >= 11 is 7.68. The highest BCUT2D eigenvalue weighted by Gasteiger charge is 2.12. The summed E-state index contributed by atoms with van der Waals surface area (Å²) < 4.78 is 2.11. The first kappa shape index (κ1) is 13.5. The number of nitrogens with zero attached hydrogens (tertiary/aromatic N) is 2. The van der Waals surface area contributed by atoms with E-state index in [9.17, 15) is 0 Å². The number of rotatable bonds is 4. The molecular weight excluding hydrogens is 290 g/mol. The van der Waals surface area contributed by atoms with Crippen molar-refractivity contribution in [2.75, 3.05) is 7.05 Å². The van der Waals surface area contributed by atoms with Gasteiger partial charge in [-0.2, -0.15) is 0 Å². The molecule has 0 fully saturated rings. The van der Waals surface area contributed by atoms with Gasteiger partial charge in [-0.3, -0.25) is 0 Å². The molecule has 0 saturated heterocycles. The lowest BCUT2D eigenvalue weighted by Gasteiger charge is -2.04. The Bertz CT molecular complexity index is 739. The number of imidazole rings is 1. The van der Waals surface area contributed by atoms with Crippen LogP contribution < -0.4 is 5.32 Å². The van der Waals surface area contributed by atoms with Crippen molar-refractivity contribution < 1.29 is 0 Å². The van der Waals surface area contributed by atoms with Gasteiger partial charge in [0.25, 0.3) is 0 Å². The summed E-state index contributed by atoms with van der Waals surface area (Å²) in [7, 11) is 1.94. The Labute approximate surface area is 127 Å². The maximum atomic E-state index is 6.04. The average molecular weight is 304 g/mol. The number of halogens is 1. The minimum Gasteiger partial charge on any atom is -0.314 e. The summed E-state index contributed by atoms with van der Waals surface area (Å²) in [4.78, 5) is 5.79. The zero-order chi connectivity index (χ0) is 13.9. The Hall–Kier alpha value is -1.49. The van der Waals surface area contributed by atoms with Gasteiger partial charge in [-0.05, 0) is 37.4 Å². The van der Waals surface area contributed by atoms with Crippen molar-refractivity contribution in [1.82, 2.24) is 14.7 Å². The highest BCUT2D eigenvalue weighted by Crippen LogP contribution is 2.31. The van der Waals surface area contributed by atoms with Crippen LogP contribution in [0.5, 0.6) is 0 Å². The third-order valence-electron chi connectivity index (χ3n) is 2.95. The molecule has 0 saturated carbocycles. The van der Waals surface area contributed by atoms with Crippen molar-refractivity contribution in [3.8, 4) is 0 Å². The Kier molecular flexibility index (Phi) is 3.96. The summed E-state index contributed by atoms with van der Waals surface area (Å²) in [5.41, 5.74) is 2.12. The van der Waals surface area contributed by atoms with Crippen LogP contribution in [0.3, 0.4) is 0 Å². The van der Waals surface area contributed by atoms with Gasteiger partial charge in [0.2, 0.25) is 0 Å². The van der Waals surface area contributed by atoms with Crippen LogP contribution in [0.2, 0.25) is 5.02 Å². The number of nitrogens with one attached hydrogen (secondary N) is 1. The zero-order valence-corrected chi connectivity index (χ0v) is 12.6. The van der Waals surface area contributed by atoms with Crippen molar-refractivity contribution in [1.29, 1.82) is 0 Å². The summed E-state index contributed by atoms with van der Waals surface area (Å²) in [6, 6.07) is 13.9. The van der Waals surface area contributed by atoms with E-state index in [0.29, 0.717) is 0 Å². The normalized spacial score (nSPS) is 11.1. The smallest absolute Gasteiger partial charge is 0.138 e. The predicted molar refractivity (Wildman–Crippen MR) is 83.5 cm³/mol. The van der Waals surface area contributed by atoms with Crippen molar-refractivity contribution in [2.24, 2.45) is 0 Å². The van der Waals surface area contributed by atoms with Gasteiger partial charge in [0.1, 0.15) is 10.7 Å². The Morgan fingerprint density at radius 3 is 2.95 bits per heavy atom. The number of pyridine rings is 1. The molecule has 3 rings (SSSR count). The molecule has 0 atom stereocenters. The van der Waals surface area contributed by atoms with E-state index in [1.54, 1.807) is 11.8 Å². The van der Waals surface area contributed by atoms with E-state index in [-0.39, 0.29) is 0 Å². The van der Waals surface area contributed by atoms with Gasteiger partial charge < -0.3 is 9.72 Å². The number of hydrogen-bond donors (Lipinski definition) is 1. The molecule has 1 aromatic carbocycles. The first-order valence-electron chi connectivity index (χ1n) is 6.32. The third-order valence-corrected chi connectivity index (χ3v) is 4.19. The third kappa shape index (κ3) is 2.68. The van der Waals surface area contributed by atoms with Crippen LogP contribution in [-0.4, -0.2) is 16.4 Å². The number of benzene rings is 1. The maximum absolute atomic E-state index is 6.04. The van der Waals surface area contributed by atoms with Crippen molar-refractivity contribution in [3.05, 3.63) is 59.4 Å². The predicted octanol–water partition coefficient (Wildman–Crippen LogP) is 3.86. The second-order valence-corrected chi connectivity index (χ2v) is 5.88. The summed E-state index contributed by atoms with van der Waals surface area (Å²) in [6.45, 7) is 0.772. The number of aromatic nitrogens is 2. The SMILES string of the molecule is CNCc1c(Sc2cccc(Cl)c2)nc2ccccn12. The van der Waals surface area contributed by atoms with E-state index in [1.807, 2.05) is 55.7 Å². The molecule has 0 bridgehead atoms. The van der Waals surface area contributed by atoms with Gasteiger partial charge in [-0.1, -0.05) is 35.5 Å². The molecule has 0 aliphatic heterocycles. The summed E-state index contributed by atoms with van der Waals surface area (Å²) in [6.07, 6.45) is 2.04. The average Bonchev–Trinajstić information content (AvgIpc) is 2.77. The Balaban J connectivity index is 2.04. The molecule has 3 nitrogen and oxygen atoms in total. The number of hydrogen-bond acceptors (Lipinski definition) is 3. The minimum absolute atomic E-state index is 0.744. The summed E-state index contributed by atoms with van der Waals surface area (Å²) in [5.74, 6) is 0. The van der Waals surface area contributed by atoms with Gasteiger partial charge in [0.15, 0.2) is 0 Å². The lowest BCUT2D eigenvalue weighted by molar-refractivity contribution is 0.764. The van der Waals surface area contributed by atoms with Crippen LogP contribution in [0.4, 0.5) is 0 Å². The van der Waals surface area contributed by atoms with E-state index in [1.165, 1.54) is 0 Å². The topological polar surface area (TPSA) is 29.3 Å². The fraction of sp³-hybridized carbons (Fsp3) is 0.133. The van der Waals surface area contributed by atoms with Crippen LogP contribution in [0.1, 0.15) is 5.69 Å². The molecule has 0 aliphatic carbocycles. The molecular formula is C15H14ClN3S. The van der Waals surface area contributed by atoms with Crippen molar-refractivity contribution in [2.45, 2.75) is 16.5 Å². The van der Waals surface area contributed by atoms with Gasteiger partial charge in [0.05, 0.1) is 5.69 Å². The monoisotopic (exact) mass is 303 g/mol. The summed E-state index contributed by atoms with van der Waals surface area (Å²) in [5, 5.41) is 4.95. The molecule has 0 radical (unpaired) electrons. The van der Waals surface area contributed by atoms with Gasteiger partial charge >= 0.3 is 0 Å². The molecule has 0 spiro atoms. The number of fused-ring (bicyclic) bond motifs is 1. The maximum Gasteiger partial charge on any atom is 0.138 e.